The Labute approximate surface area is 151 Å². The maximum absolute atomic E-state index is 13.1. The lowest BCUT2D eigenvalue weighted by Gasteiger charge is -2.28. The van der Waals surface area contributed by atoms with Gasteiger partial charge >= 0.3 is 5.69 Å². The summed E-state index contributed by atoms with van der Waals surface area (Å²) in [6.07, 6.45) is 8.37. The molecule has 0 spiro atoms. The second kappa shape index (κ2) is 5.79. The molecule has 1 saturated carbocycles. The molecule has 136 valence electrons. The average Bonchev–Trinajstić information content (AvgIpc) is 3.31. The molecule has 2 atom stereocenters. The third-order valence-corrected chi connectivity index (χ3v) is 5.92. The highest BCUT2D eigenvalue weighted by molar-refractivity contribution is 5.94. The van der Waals surface area contributed by atoms with Crippen LogP contribution in [0.25, 0.3) is 0 Å². The van der Waals surface area contributed by atoms with E-state index in [1.165, 1.54) is 12.8 Å². The zero-order valence-corrected chi connectivity index (χ0v) is 15.0. The molecule has 2 aliphatic heterocycles. The maximum atomic E-state index is 13.1. The summed E-state index contributed by atoms with van der Waals surface area (Å²) in [6.45, 7) is 3.24. The smallest absolute Gasteiger partial charge is 0.330 e. The number of aromatic nitrogens is 4. The van der Waals surface area contributed by atoms with E-state index in [0.29, 0.717) is 24.4 Å². The molecule has 1 aliphatic carbocycles. The van der Waals surface area contributed by atoms with E-state index in [9.17, 15) is 9.59 Å². The number of pyridine rings is 1. The molecule has 0 unspecified atom stereocenters. The largest absolute Gasteiger partial charge is 0.345 e. The van der Waals surface area contributed by atoms with Gasteiger partial charge in [0, 0.05) is 37.9 Å². The summed E-state index contributed by atoms with van der Waals surface area (Å²) in [6, 6.07) is 2.07. The van der Waals surface area contributed by atoms with E-state index in [1.54, 1.807) is 21.6 Å². The summed E-state index contributed by atoms with van der Waals surface area (Å²) in [7, 11) is 0. The molecule has 1 amide bonds. The van der Waals surface area contributed by atoms with Crippen molar-refractivity contribution in [2.45, 2.75) is 64.2 Å². The van der Waals surface area contributed by atoms with Crippen molar-refractivity contribution in [2.24, 2.45) is 5.92 Å². The molecule has 26 heavy (non-hydrogen) atoms. The number of fused-ring (bicyclic) bond motifs is 3. The molecule has 0 N–H and O–H groups in total. The van der Waals surface area contributed by atoms with Crippen molar-refractivity contribution in [1.29, 1.82) is 0 Å². The van der Waals surface area contributed by atoms with Gasteiger partial charge in [0.1, 0.15) is 5.82 Å². The predicted molar refractivity (Wildman–Crippen MR) is 94.9 cm³/mol. The monoisotopic (exact) mass is 353 g/mol. The quantitative estimate of drug-likeness (QED) is 0.836. The minimum absolute atomic E-state index is 0.0101. The number of carbonyl (C=O) groups is 1. The van der Waals surface area contributed by atoms with Crippen LogP contribution in [-0.2, 0) is 19.5 Å². The molecule has 0 radical (unpaired) electrons. The molecule has 4 heterocycles. The van der Waals surface area contributed by atoms with Crippen LogP contribution in [0, 0.1) is 12.8 Å². The van der Waals surface area contributed by atoms with Gasteiger partial charge in [-0.3, -0.25) is 14.3 Å². The third-order valence-electron chi connectivity index (χ3n) is 5.92. The van der Waals surface area contributed by atoms with Crippen molar-refractivity contribution in [3.8, 4) is 0 Å². The Morgan fingerprint density at radius 2 is 2.00 bits per heavy atom. The van der Waals surface area contributed by atoms with E-state index < -0.39 is 0 Å². The van der Waals surface area contributed by atoms with Crippen LogP contribution >= 0.6 is 0 Å². The molecular formula is C19H23N5O2. The number of hydrogen-bond donors (Lipinski definition) is 0. The Kier molecular flexibility index (Phi) is 3.52. The summed E-state index contributed by atoms with van der Waals surface area (Å²) in [5, 5.41) is 4.61. The van der Waals surface area contributed by atoms with Crippen LogP contribution in [0.15, 0.2) is 23.3 Å². The second-order valence-corrected chi connectivity index (χ2v) is 7.99. The van der Waals surface area contributed by atoms with E-state index in [-0.39, 0.29) is 23.7 Å². The van der Waals surface area contributed by atoms with E-state index in [2.05, 4.69) is 10.1 Å². The molecule has 0 aromatic carbocycles. The van der Waals surface area contributed by atoms with Gasteiger partial charge in [0.2, 0.25) is 0 Å². The molecule has 5 rings (SSSR count). The zero-order valence-electron chi connectivity index (χ0n) is 15.0. The number of rotatable bonds is 3. The number of nitrogens with zero attached hydrogens (tertiary/aromatic N) is 5. The normalized spacial score (nSPS) is 24.4. The molecule has 3 aliphatic rings. The van der Waals surface area contributed by atoms with Gasteiger partial charge in [0.25, 0.3) is 5.91 Å². The first-order valence-corrected chi connectivity index (χ1v) is 9.51. The van der Waals surface area contributed by atoms with Crippen LogP contribution in [0.3, 0.4) is 0 Å². The summed E-state index contributed by atoms with van der Waals surface area (Å²) < 4.78 is 3.45. The Bertz CT molecular complexity index is 926. The molecule has 2 aromatic heterocycles. The van der Waals surface area contributed by atoms with Crippen molar-refractivity contribution in [1.82, 2.24) is 24.2 Å². The lowest BCUT2D eigenvalue weighted by Crippen LogP contribution is -2.43. The standard InChI is InChI=1S/C19H23N5O2/c1-12-6-14(9-20-8-12)18(25)24-15-4-5-16(24)11-22-17(7-15)21-23(19(22)26)10-13-2-3-13/h6,8-9,13,15-16H,2-5,7,10-11H2,1H3/t15-,16+/m0/s1. The first kappa shape index (κ1) is 15.8. The van der Waals surface area contributed by atoms with Crippen molar-refractivity contribution < 1.29 is 4.79 Å². The molecule has 7 nitrogen and oxygen atoms in total. The van der Waals surface area contributed by atoms with Crippen molar-refractivity contribution in [3.63, 3.8) is 0 Å². The minimum atomic E-state index is -0.0101. The lowest BCUT2D eigenvalue weighted by molar-refractivity contribution is 0.0664. The molecule has 1 saturated heterocycles. The zero-order chi connectivity index (χ0) is 17.8. The van der Waals surface area contributed by atoms with Crippen LogP contribution in [-0.4, -0.2) is 42.2 Å². The second-order valence-electron chi connectivity index (χ2n) is 7.99. The Morgan fingerprint density at radius 3 is 2.77 bits per heavy atom. The molecule has 2 fully saturated rings. The fourth-order valence-corrected chi connectivity index (χ4v) is 4.40. The van der Waals surface area contributed by atoms with Gasteiger partial charge in [-0.25, -0.2) is 9.48 Å². The maximum Gasteiger partial charge on any atom is 0.345 e. The Balaban J connectivity index is 1.45. The van der Waals surface area contributed by atoms with Crippen LogP contribution < -0.4 is 5.69 Å². The van der Waals surface area contributed by atoms with Crippen molar-refractivity contribution in [2.75, 3.05) is 0 Å². The predicted octanol–water partition coefficient (Wildman–Crippen LogP) is 1.39. The topological polar surface area (TPSA) is 73.0 Å². The van der Waals surface area contributed by atoms with Crippen LogP contribution in [0.1, 0.15) is 47.4 Å². The molecule has 7 heteroatoms. The van der Waals surface area contributed by atoms with Gasteiger partial charge in [-0.15, -0.1) is 0 Å². The highest BCUT2D eigenvalue weighted by Crippen LogP contribution is 2.33. The number of carbonyl (C=O) groups excluding carboxylic acids is 1. The van der Waals surface area contributed by atoms with E-state index in [0.717, 1.165) is 30.8 Å². The average molecular weight is 353 g/mol. The Morgan fingerprint density at radius 1 is 1.19 bits per heavy atom. The van der Waals surface area contributed by atoms with Gasteiger partial charge < -0.3 is 4.90 Å². The first-order chi connectivity index (χ1) is 12.6. The fourth-order valence-electron chi connectivity index (χ4n) is 4.40. The van der Waals surface area contributed by atoms with Gasteiger partial charge in [-0.05, 0) is 50.2 Å². The fraction of sp³-hybridized carbons (Fsp3) is 0.579. The summed E-state index contributed by atoms with van der Waals surface area (Å²) in [5.74, 6) is 1.48. The first-order valence-electron chi connectivity index (χ1n) is 9.51. The number of hydrogen-bond acceptors (Lipinski definition) is 4. The van der Waals surface area contributed by atoms with E-state index in [1.807, 2.05) is 17.9 Å². The van der Waals surface area contributed by atoms with Crippen LogP contribution in [0.5, 0.6) is 0 Å². The van der Waals surface area contributed by atoms with Crippen LogP contribution in [0.2, 0.25) is 0 Å². The summed E-state index contributed by atoms with van der Waals surface area (Å²) in [5.41, 5.74) is 1.60. The van der Waals surface area contributed by atoms with Crippen LogP contribution in [0.4, 0.5) is 0 Å². The highest BCUT2D eigenvalue weighted by Gasteiger charge is 2.41. The SMILES string of the molecule is Cc1cncc(C(=O)N2[C@@H]3CC[C@H]2Cc2nn(CC4CC4)c(=O)n2C3)c1. The molecule has 2 aromatic rings. The minimum Gasteiger partial charge on any atom is -0.330 e. The van der Waals surface area contributed by atoms with Gasteiger partial charge in [-0.2, -0.15) is 5.10 Å². The lowest BCUT2D eigenvalue weighted by atomic mass is 10.1. The Hall–Kier alpha value is -2.44. The summed E-state index contributed by atoms with van der Waals surface area (Å²) >= 11 is 0. The number of amides is 1. The van der Waals surface area contributed by atoms with Crippen molar-refractivity contribution >= 4 is 5.91 Å². The van der Waals surface area contributed by atoms with Gasteiger partial charge in [-0.1, -0.05) is 0 Å². The van der Waals surface area contributed by atoms with E-state index in [4.69, 9.17) is 0 Å². The summed E-state index contributed by atoms with van der Waals surface area (Å²) in [4.78, 5) is 32.0. The molecule has 2 bridgehead atoms. The third kappa shape index (κ3) is 2.57. The number of aryl methyl sites for hydroxylation is 1. The van der Waals surface area contributed by atoms with Gasteiger partial charge in [0.15, 0.2) is 0 Å². The molecular weight excluding hydrogens is 330 g/mol. The highest BCUT2D eigenvalue weighted by atomic mass is 16.2. The van der Waals surface area contributed by atoms with Gasteiger partial charge in [0.05, 0.1) is 11.6 Å². The van der Waals surface area contributed by atoms with Crippen molar-refractivity contribution in [3.05, 3.63) is 45.9 Å². The van der Waals surface area contributed by atoms with E-state index >= 15 is 0 Å².